The minimum absolute atomic E-state index is 0.0478. The van der Waals surface area contributed by atoms with Crippen molar-refractivity contribution < 1.29 is 14.4 Å². The number of hydrogen-bond acceptors (Lipinski definition) is 4. The van der Waals surface area contributed by atoms with Crippen molar-refractivity contribution in [2.45, 2.75) is 45.8 Å². The number of benzene rings is 1. The van der Waals surface area contributed by atoms with E-state index in [1.54, 1.807) is 12.0 Å². The molecule has 1 aromatic carbocycles. The molecule has 0 radical (unpaired) electrons. The molecule has 6 heteroatoms. The highest BCUT2D eigenvalue weighted by Gasteiger charge is 2.26. The standard InChI is InChI=1S/C18H27N3O3/c1-5-10-21(18(22)19-13(2)3)12-16-11-17(20-24-16)14-6-8-15(23-4)9-7-14/h6-9,13,16H,5,10-12H2,1-4H3,(H,19,22)/t16-/m1/s1. The molecule has 0 saturated heterocycles. The molecule has 0 aliphatic carbocycles. The molecule has 1 heterocycles. The molecule has 0 unspecified atom stereocenters. The van der Waals surface area contributed by atoms with Crippen LogP contribution in [-0.2, 0) is 4.84 Å². The zero-order chi connectivity index (χ0) is 17.5. The van der Waals surface area contributed by atoms with Crippen molar-refractivity contribution in [3.05, 3.63) is 29.8 Å². The SMILES string of the molecule is CCCN(C[C@H]1CC(c2ccc(OC)cc2)=NO1)C(=O)NC(C)C. The van der Waals surface area contributed by atoms with E-state index >= 15 is 0 Å². The number of carbonyl (C=O) groups is 1. The average Bonchev–Trinajstić information content (AvgIpc) is 3.02. The van der Waals surface area contributed by atoms with Crippen LogP contribution in [0.4, 0.5) is 4.79 Å². The van der Waals surface area contributed by atoms with Gasteiger partial charge < -0.3 is 19.8 Å². The smallest absolute Gasteiger partial charge is 0.317 e. The maximum Gasteiger partial charge on any atom is 0.317 e. The van der Waals surface area contributed by atoms with E-state index in [9.17, 15) is 4.79 Å². The van der Waals surface area contributed by atoms with Gasteiger partial charge in [0.05, 0.1) is 19.4 Å². The van der Waals surface area contributed by atoms with E-state index in [-0.39, 0.29) is 18.2 Å². The second kappa shape index (κ2) is 8.57. The molecule has 0 aromatic heterocycles. The van der Waals surface area contributed by atoms with Crippen LogP contribution in [0.15, 0.2) is 29.4 Å². The van der Waals surface area contributed by atoms with Gasteiger partial charge in [0.25, 0.3) is 0 Å². The molecule has 1 aliphatic rings. The molecule has 1 aromatic rings. The van der Waals surface area contributed by atoms with Crippen molar-refractivity contribution in [2.24, 2.45) is 5.16 Å². The topological polar surface area (TPSA) is 63.2 Å². The second-order valence-electron chi connectivity index (χ2n) is 6.25. The first-order valence-electron chi connectivity index (χ1n) is 8.46. The molecule has 2 rings (SSSR count). The number of rotatable bonds is 7. The van der Waals surface area contributed by atoms with Gasteiger partial charge in [-0.3, -0.25) is 0 Å². The summed E-state index contributed by atoms with van der Waals surface area (Å²) in [5.41, 5.74) is 1.93. The van der Waals surface area contributed by atoms with Crippen LogP contribution >= 0.6 is 0 Å². The van der Waals surface area contributed by atoms with E-state index in [0.29, 0.717) is 19.5 Å². The minimum Gasteiger partial charge on any atom is -0.497 e. The number of nitrogens with zero attached hydrogens (tertiary/aromatic N) is 2. The van der Waals surface area contributed by atoms with Crippen LogP contribution in [0, 0.1) is 0 Å². The molecule has 0 fully saturated rings. The first-order valence-corrected chi connectivity index (χ1v) is 8.46. The molecule has 0 saturated carbocycles. The third-order valence-corrected chi connectivity index (χ3v) is 3.77. The summed E-state index contributed by atoms with van der Waals surface area (Å²) in [6.45, 7) is 7.22. The van der Waals surface area contributed by atoms with Crippen LogP contribution in [0.1, 0.15) is 39.2 Å². The molecule has 24 heavy (non-hydrogen) atoms. The van der Waals surface area contributed by atoms with Crippen molar-refractivity contribution in [3.63, 3.8) is 0 Å². The number of amides is 2. The molecule has 0 bridgehead atoms. The van der Waals surface area contributed by atoms with E-state index in [0.717, 1.165) is 23.4 Å². The fraction of sp³-hybridized carbons (Fsp3) is 0.556. The highest BCUT2D eigenvalue weighted by atomic mass is 16.6. The Morgan fingerprint density at radius 2 is 2.12 bits per heavy atom. The van der Waals surface area contributed by atoms with Gasteiger partial charge in [-0.1, -0.05) is 12.1 Å². The number of methoxy groups -OCH3 is 1. The lowest BCUT2D eigenvalue weighted by Crippen LogP contribution is -2.46. The predicted molar refractivity (Wildman–Crippen MR) is 94.6 cm³/mol. The van der Waals surface area contributed by atoms with Gasteiger partial charge in [-0.05, 0) is 50.1 Å². The number of oxime groups is 1. The molecule has 1 N–H and O–H groups in total. The Hall–Kier alpha value is -2.24. The molecular weight excluding hydrogens is 306 g/mol. The van der Waals surface area contributed by atoms with Crippen molar-refractivity contribution in [3.8, 4) is 5.75 Å². The van der Waals surface area contributed by atoms with Crippen LogP contribution in [-0.4, -0.2) is 49.0 Å². The van der Waals surface area contributed by atoms with E-state index < -0.39 is 0 Å². The Labute approximate surface area is 143 Å². The Morgan fingerprint density at radius 1 is 1.42 bits per heavy atom. The van der Waals surface area contributed by atoms with Gasteiger partial charge in [0.15, 0.2) is 6.10 Å². The molecule has 6 nitrogen and oxygen atoms in total. The molecule has 0 spiro atoms. The fourth-order valence-corrected chi connectivity index (χ4v) is 2.61. The quantitative estimate of drug-likeness (QED) is 0.834. The Kier molecular flexibility index (Phi) is 6.46. The van der Waals surface area contributed by atoms with Crippen LogP contribution in [0.25, 0.3) is 0 Å². The van der Waals surface area contributed by atoms with Gasteiger partial charge >= 0.3 is 6.03 Å². The zero-order valence-electron chi connectivity index (χ0n) is 14.9. The number of ether oxygens (including phenoxy) is 1. The van der Waals surface area contributed by atoms with E-state index in [1.165, 1.54) is 0 Å². The summed E-state index contributed by atoms with van der Waals surface area (Å²) >= 11 is 0. The first-order chi connectivity index (χ1) is 11.5. The van der Waals surface area contributed by atoms with Crippen molar-refractivity contribution in [1.82, 2.24) is 10.2 Å². The number of carbonyl (C=O) groups excluding carboxylic acids is 1. The fourth-order valence-electron chi connectivity index (χ4n) is 2.61. The van der Waals surface area contributed by atoms with Crippen LogP contribution in [0.3, 0.4) is 0 Å². The highest BCUT2D eigenvalue weighted by molar-refractivity contribution is 6.01. The van der Waals surface area contributed by atoms with Gasteiger partial charge in [0.2, 0.25) is 0 Å². The van der Waals surface area contributed by atoms with Crippen molar-refractivity contribution in [2.75, 3.05) is 20.2 Å². The Bertz CT molecular complexity index is 569. The van der Waals surface area contributed by atoms with Gasteiger partial charge in [-0.15, -0.1) is 0 Å². The third-order valence-electron chi connectivity index (χ3n) is 3.77. The lowest BCUT2D eigenvalue weighted by Gasteiger charge is -2.25. The highest BCUT2D eigenvalue weighted by Crippen LogP contribution is 2.20. The van der Waals surface area contributed by atoms with Crippen LogP contribution in [0.2, 0.25) is 0 Å². The monoisotopic (exact) mass is 333 g/mol. The van der Waals surface area contributed by atoms with Gasteiger partial charge in [0, 0.05) is 19.0 Å². The largest absolute Gasteiger partial charge is 0.497 e. The first kappa shape index (κ1) is 18.1. The summed E-state index contributed by atoms with van der Waals surface area (Å²) in [4.78, 5) is 19.6. The Balaban J connectivity index is 1.93. The van der Waals surface area contributed by atoms with E-state index in [2.05, 4.69) is 17.4 Å². The normalized spacial score (nSPS) is 16.5. The molecule has 1 atom stereocenters. The molecule has 1 aliphatic heterocycles. The maximum atomic E-state index is 12.3. The minimum atomic E-state index is -0.105. The van der Waals surface area contributed by atoms with Gasteiger partial charge in [0.1, 0.15) is 5.75 Å². The van der Waals surface area contributed by atoms with E-state index in [1.807, 2.05) is 38.1 Å². The number of hydrogen-bond donors (Lipinski definition) is 1. The Morgan fingerprint density at radius 3 is 2.71 bits per heavy atom. The summed E-state index contributed by atoms with van der Waals surface area (Å²) in [5, 5.41) is 7.13. The van der Waals surface area contributed by atoms with Crippen LogP contribution in [0.5, 0.6) is 5.75 Å². The van der Waals surface area contributed by atoms with E-state index in [4.69, 9.17) is 9.57 Å². The summed E-state index contributed by atoms with van der Waals surface area (Å²) in [5.74, 6) is 0.814. The van der Waals surface area contributed by atoms with Crippen molar-refractivity contribution in [1.29, 1.82) is 0 Å². The van der Waals surface area contributed by atoms with Crippen LogP contribution < -0.4 is 10.1 Å². The van der Waals surface area contributed by atoms with Crippen molar-refractivity contribution >= 4 is 11.7 Å². The predicted octanol–water partition coefficient (Wildman–Crippen LogP) is 3.02. The molecular formula is C18H27N3O3. The molecule has 132 valence electrons. The zero-order valence-corrected chi connectivity index (χ0v) is 14.9. The average molecular weight is 333 g/mol. The maximum absolute atomic E-state index is 12.3. The molecule has 2 amide bonds. The number of urea groups is 1. The lowest BCUT2D eigenvalue weighted by molar-refractivity contribution is 0.0603. The summed E-state index contributed by atoms with van der Waals surface area (Å²) < 4.78 is 5.17. The van der Waals surface area contributed by atoms with Gasteiger partial charge in [-0.25, -0.2) is 4.79 Å². The third kappa shape index (κ3) is 4.88. The second-order valence-corrected chi connectivity index (χ2v) is 6.25. The number of nitrogens with one attached hydrogen (secondary N) is 1. The summed E-state index contributed by atoms with van der Waals surface area (Å²) in [7, 11) is 1.64. The summed E-state index contributed by atoms with van der Waals surface area (Å²) in [6.07, 6.45) is 1.50. The summed E-state index contributed by atoms with van der Waals surface area (Å²) in [6, 6.07) is 7.83. The van der Waals surface area contributed by atoms with Gasteiger partial charge in [-0.2, -0.15) is 0 Å². The lowest BCUT2D eigenvalue weighted by atomic mass is 10.0.